The van der Waals surface area contributed by atoms with Gasteiger partial charge in [0.1, 0.15) is 22.2 Å². The van der Waals surface area contributed by atoms with E-state index in [-0.39, 0.29) is 82.1 Å². The second kappa shape index (κ2) is 30.4. The van der Waals surface area contributed by atoms with Gasteiger partial charge in [0.2, 0.25) is 47.1 Å². The van der Waals surface area contributed by atoms with Crippen LogP contribution < -0.4 is 70.3 Å². The average molecular weight is 1440 g/mol. The van der Waals surface area contributed by atoms with Crippen molar-refractivity contribution >= 4 is 167 Å². The Bertz CT molecular complexity index is 4320. The Morgan fingerprint density at radius 3 is 1.09 bits per heavy atom. The van der Waals surface area contributed by atoms with E-state index in [1.807, 2.05) is 0 Å². The third kappa shape index (κ3) is 18.3. The molecule has 0 atom stereocenters. The van der Waals surface area contributed by atoms with Gasteiger partial charge in [-0.3, -0.25) is 14.4 Å². The van der Waals surface area contributed by atoms with Crippen LogP contribution >= 0.6 is 46.4 Å². The highest BCUT2D eigenvalue weighted by Crippen LogP contribution is 2.39. The van der Waals surface area contributed by atoms with Gasteiger partial charge in [0.25, 0.3) is 0 Å². The monoisotopic (exact) mass is 1440 g/mol. The lowest BCUT2D eigenvalue weighted by Gasteiger charge is -2.29. The minimum atomic E-state index is -4.14. The van der Waals surface area contributed by atoms with Crippen LogP contribution in [0.5, 0.6) is 0 Å². The maximum absolute atomic E-state index is 13.4. The van der Waals surface area contributed by atoms with Crippen molar-refractivity contribution in [3.63, 3.8) is 0 Å². The van der Waals surface area contributed by atoms with Gasteiger partial charge in [0, 0.05) is 77.1 Å². The maximum Gasteiger partial charge on any atom is 0.407 e. The number of nitrogens with one attached hydrogen (secondary N) is 6. The van der Waals surface area contributed by atoms with E-state index in [1.54, 1.807) is 26.8 Å². The summed E-state index contributed by atoms with van der Waals surface area (Å²) in [7, 11) is -12.2. The Balaban J connectivity index is 0.000000202. The molecule has 3 aliphatic rings. The number of guanidine groups is 3. The van der Waals surface area contributed by atoms with Gasteiger partial charge in [0.15, 0.2) is 35.3 Å². The third-order valence-electron chi connectivity index (χ3n) is 15.1. The van der Waals surface area contributed by atoms with Gasteiger partial charge < -0.3 is 60.8 Å². The van der Waals surface area contributed by atoms with E-state index in [1.165, 1.54) is 67.1 Å². The number of fused-ring (bicyclic) bond motifs is 3. The molecule has 3 amide bonds. The normalized spacial score (nSPS) is 15.7. The zero-order valence-corrected chi connectivity index (χ0v) is 56.7. The molecule has 37 heteroatoms. The van der Waals surface area contributed by atoms with Gasteiger partial charge >= 0.3 is 6.09 Å². The first-order chi connectivity index (χ1) is 44.0. The Morgan fingerprint density at radius 1 is 0.489 bits per heavy atom. The van der Waals surface area contributed by atoms with Gasteiger partial charge in [-0.15, -0.1) is 0 Å². The second-order valence-electron chi connectivity index (χ2n) is 23.2. The highest BCUT2D eigenvalue weighted by Gasteiger charge is 2.47. The van der Waals surface area contributed by atoms with Crippen LogP contribution in [0.15, 0.2) is 103 Å². The van der Waals surface area contributed by atoms with Gasteiger partial charge in [-0.2, -0.15) is 29.1 Å². The molecule has 3 saturated carbocycles. The number of hydrogen-bond donors (Lipinski definition) is 13. The molecule has 0 aliphatic heterocycles. The first-order valence-electron chi connectivity index (χ1n) is 29.1. The SMILES string of the molecule is CC(C)(C)OC(=O)NCCNC(=O)C1(NS(=O)(=O)c2ccc3c(Cl)cnc(N=C(N)N)c3c2)CCCC1.NC(N)=Nc1ncc(Cl)c2ccc(S(=O)(=O)NC3(C(=O)Cl)CCCC3)cc12.NCCNC(=O)C1(NS(=O)(=O)c2ccc3c(Cl)cnc(N=C(N)N)c3c2)CCCC1. The van der Waals surface area contributed by atoms with Crippen LogP contribution in [0.3, 0.4) is 0 Å². The Kier molecular flexibility index (Phi) is 23.9. The van der Waals surface area contributed by atoms with Crippen molar-refractivity contribution in [2.45, 2.75) is 135 Å². The number of carbonyl (C=O) groups excluding carboxylic acids is 4. The number of nitrogens with two attached hydrogens (primary N) is 7. The number of amides is 3. The minimum absolute atomic E-state index is 0.0518. The first-order valence-corrected chi connectivity index (χ1v) is 35.1. The summed E-state index contributed by atoms with van der Waals surface area (Å²) in [5.41, 5.74) is 33.7. The van der Waals surface area contributed by atoms with Crippen molar-refractivity contribution in [1.82, 2.24) is 45.1 Å². The largest absolute Gasteiger partial charge is 0.444 e. The van der Waals surface area contributed by atoms with Crippen LogP contribution in [0.2, 0.25) is 15.1 Å². The highest BCUT2D eigenvalue weighted by molar-refractivity contribution is 7.90. The molecule has 30 nitrogen and oxygen atoms in total. The average Bonchev–Trinajstić information content (AvgIpc) is 0.804. The maximum atomic E-state index is 13.4. The topological polar surface area (TPSA) is 510 Å². The molecular weight excluding hydrogens is 1360 g/mol. The summed E-state index contributed by atoms with van der Waals surface area (Å²) in [6.07, 6.45) is 9.97. The fraction of sp³-hybridized carbons (Fsp3) is 0.404. The van der Waals surface area contributed by atoms with Crippen LogP contribution in [-0.4, -0.2) is 130 Å². The minimum Gasteiger partial charge on any atom is -0.444 e. The molecule has 0 bridgehead atoms. The third-order valence-corrected chi connectivity index (χ3v) is 21.0. The molecule has 0 spiro atoms. The number of aromatic nitrogens is 3. The molecular formula is C57H73Cl4N19O11S3. The molecule has 0 saturated heterocycles. The van der Waals surface area contributed by atoms with Crippen molar-refractivity contribution in [3.8, 4) is 0 Å². The number of sulfonamides is 3. The number of nitrogens with zero attached hydrogens (tertiary/aromatic N) is 6. The molecule has 20 N–H and O–H groups in total. The fourth-order valence-electron chi connectivity index (χ4n) is 10.8. The van der Waals surface area contributed by atoms with E-state index in [2.05, 4.69) is 60.0 Å². The smallest absolute Gasteiger partial charge is 0.407 e. The number of rotatable bonds is 20. The summed E-state index contributed by atoms with van der Waals surface area (Å²) < 4.78 is 91.8. The lowest BCUT2D eigenvalue weighted by molar-refractivity contribution is -0.127. The fourth-order valence-corrected chi connectivity index (χ4v) is 16.1. The predicted octanol–water partition coefficient (Wildman–Crippen LogP) is 4.63. The van der Waals surface area contributed by atoms with Crippen molar-refractivity contribution in [3.05, 3.63) is 88.3 Å². The van der Waals surface area contributed by atoms with Crippen LogP contribution in [0.25, 0.3) is 32.3 Å². The molecule has 94 heavy (non-hydrogen) atoms. The summed E-state index contributed by atoms with van der Waals surface area (Å²) in [6, 6.07) is 12.9. The van der Waals surface area contributed by atoms with E-state index >= 15 is 0 Å². The standard InChI is InChI=1S/C23H32ClN7O5S.C18H24ClN7O3S.C16H17Cl2N5O3S/c1-22(2,3)36-21(33)28-11-10-27-19(32)23(8-4-5-9-23)31-37(34,35)14-6-7-15-16(12-14)18(30-20(25)26)29-13-17(15)24;19-14-10-24-15(25-17(21)22)13-9-11(3-4-12(13)14)30(28,29)26-18(5-1-2-6-18)16(27)23-8-7-20;17-12-8-21-13(22-15(19)20)11-7-9(3-4-10(11)12)27(25,26)23-16(14(18)24)5-1-2-6-16/h6-7,12-13,31H,4-5,8-11H2,1-3H3,(H,27,32)(H,28,33)(H4,25,26,29,30);3-4,9-10,26H,1-2,5-8,20H2,(H,23,27)(H4,21,22,24,25);3-4,7-8,23H,1-2,5-6H2,(H4,19,20,21,22). The zero-order valence-electron chi connectivity index (χ0n) is 51.2. The molecule has 3 fully saturated rings. The van der Waals surface area contributed by atoms with Crippen molar-refractivity contribution in [2.24, 2.45) is 55.1 Å². The predicted molar refractivity (Wildman–Crippen MR) is 361 cm³/mol. The molecule has 3 aliphatic carbocycles. The van der Waals surface area contributed by atoms with Gasteiger partial charge in [-0.25, -0.2) is 45.0 Å². The number of pyridine rings is 3. The van der Waals surface area contributed by atoms with E-state index in [4.69, 9.17) is 91.3 Å². The second-order valence-corrected chi connectivity index (χ2v) is 29.8. The Hall–Kier alpha value is -7.57. The molecule has 508 valence electrons. The van der Waals surface area contributed by atoms with E-state index < -0.39 is 69.5 Å². The highest BCUT2D eigenvalue weighted by atomic mass is 35.5. The molecule has 0 radical (unpaired) electrons. The number of halogens is 4. The molecule has 3 aromatic heterocycles. The quantitative estimate of drug-likeness (QED) is 0.0214. The molecule has 3 aromatic carbocycles. The number of alkyl carbamates (subject to hydrolysis) is 1. The Labute approximate surface area is 562 Å². The summed E-state index contributed by atoms with van der Waals surface area (Å²) in [4.78, 5) is 73.3. The number of ether oxygens (including phenoxy) is 1. The van der Waals surface area contributed by atoms with Crippen LogP contribution in [0, 0.1) is 0 Å². The van der Waals surface area contributed by atoms with Gasteiger partial charge in [-0.1, -0.05) is 91.5 Å². The summed E-state index contributed by atoms with van der Waals surface area (Å²) in [6.45, 7) is 5.98. The summed E-state index contributed by atoms with van der Waals surface area (Å²) in [5.74, 6) is -1.15. The van der Waals surface area contributed by atoms with E-state index in [0.717, 1.165) is 12.8 Å². The Morgan fingerprint density at radius 2 is 0.787 bits per heavy atom. The van der Waals surface area contributed by atoms with Crippen molar-refractivity contribution in [1.29, 1.82) is 0 Å². The van der Waals surface area contributed by atoms with Crippen LogP contribution in [0.4, 0.5) is 22.2 Å². The number of aliphatic imine (C=N–C) groups is 3. The zero-order chi connectivity index (χ0) is 69.2. The first kappa shape index (κ1) is 73.8. The lowest BCUT2D eigenvalue weighted by atomic mass is 9.98. The van der Waals surface area contributed by atoms with E-state index in [0.29, 0.717) is 112 Å². The van der Waals surface area contributed by atoms with Gasteiger partial charge in [-0.05, 0) is 107 Å². The summed E-state index contributed by atoms with van der Waals surface area (Å²) in [5, 5.41) is 10.8. The lowest BCUT2D eigenvalue weighted by Crippen LogP contribution is -2.57. The summed E-state index contributed by atoms with van der Waals surface area (Å²) >= 11 is 24.2. The van der Waals surface area contributed by atoms with Gasteiger partial charge in [0.05, 0.1) is 29.8 Å². The van der Waals surface area contributed by atoms with Crippen molar-refractivity contribution in [2.75, 3.05) is 26.2 Å². The van der Waals surface area contributed by atoms with Crippen molar-refractivity contribution < 1.29 is 49.2 Å². The molecule has 3 heterocycles. The number of benzene rings is 3. The number of carbonyl (C=O) groups is 4. The number of hydrogen-bond acceptors (Lipinski definition) is 18. The van der Waals surface area contributed by atoms with Crippen LogP contribution in [0.1, 0.15) is 97.8 Å². The molecule has 6 aromatic rings. The molecule has 0 unspecified atom stereocenters. The molecule has 9 rings (SSSR count). The van der Waals surface area contributed by atoms with Crippen LogP contribution in [-0.2, 0) is 49.2 Å². The van der Waals surface area contributed by atoms with E-state index in [9.17, 15) is 44.4 Å².